The summed E-state index contributed by atoms with van der Waals surface area (Å²) in [6.45, 7) is 4.15. The Labute approximate surface area is 126 Å². The molecule has 2 heterocycles. The fourth-order valence-electron chi connectivity index (χ4n) is 3.56. The number of aliphatic hydroxyl groups is 1. The molecular formula is C17H24O4. The molecule has 2 fully saturated rings. The Morgan fingerprint density at radius 3 is 2.90 bits per heavy atom. The van der Waals surface area contributed by atoms with Crippen LogP contribution in [0.1, 0.15) is 36.5 Å². The maximum Gasteiger partial charge on any atom is 0.121 e. The Morgan fingerprint density at radius 1 is 1.38 bits per heavy atom. The highest BCUT2D eigenvalue weighted by atomic mass is 16.6. The van der Waals surface area contributed by atoms with Crippen molar-refractivity contribution in [2.45, 2.75) is 37.9 Å². The molecule has 2 aliphatic rings. The molecule has 2 saturated heterocycles. The van der Waals surface area contributed by atoms with Gasteiger partial charge in [-0.3, -0.25) is 0 Å². The topological polar surface area (TPSA) is 47.9 Å². The molecule has 1 spiro atoms. The zero-order chi connectivity index (χ0) is 14.9. The SMILES string of the molecule is COc1ccc(C(O)C2CCOC3(CCOC3)C2)cc1C. The van der Waals surface area contributed by atoms with Crippen LogP contribution in [0, 0.1) is 12.8 Å². The molecule has 0 aliphatic carbocycles. The van der Waals surface area contributed by atoms with Crippen LogP contribution in [-0.2, 0) is 9.47 Å². The van der Waals surface area contributed by atoms with Crippen LogP contribution in [0.25, 0.3) is 0 Å². The van der Waals surface area contributed by atoms with E-state index in [1.807, 2.05) is 25.1 Å². The van der Waals surface area contributed by atoms with Gasteiger partial charge in [0.05, 0.1) is 25.4 Å². The normalized spacial score (nSPS) is 30.5. The molecule has 3 unspecified atom stereocenters. The fourth-order valence-corrected chi connectivity index (χ4v) is 3.56. The van der Waals surface area contributed by atoms with Gasteiger partial charge in [0.15, 0.2) is 0 Å². The Hall–Kier alpha value is -1.10. The van der Waals surface area contributed by atoms with E-state index in [4.69, 9.17) is 14.2 Å². The van der Waals surface area contributed by atoms with Crippen LogP contribution in [0.4, 0.5) is 0 Å². The number of benzene rings is 1. The van der Waals surface area contributed by atoms with Gasteiger partial charge in [0.2, 0.25) is 0 Å². The third kappa shape index (κ3) is 2.93. The van der Waals surface area contributed by atoms with Gasteiger partial charge in [-0.1, -0.05) is 6.07 Å². The second-order valence-electron chi connectivity index (χ2n) is 6.26. The van der Waals surface area contributed by atoms with Gasteiger partial charge >= 0.3 is 0 Å². The lowest BCUT2D eigenvalue weighted by Crippen LogP contribution is -2.41. The minimum Gasteiger partial charge on any atom is -0.496 e. The van der Waals surface area contributed by atoms with Crippen LogP contribution in [0.3, 0.4) is 0 Å². The molecule has 4 heteroatoms. The van der Waals surface area contributed by atoms with Crippen molar-refractivity contribution in [2.75, 3.05) is 26.9 Å². The minimum atomic E-state index is -0.448. The maximum absolute atomic E-state index is 10.7. The van der Waals surface area contributed by atoms with E-state index in [9.17, 15) is 5.11 Å². The van der Waals surface area contributed by atoms with E-state index in [0.29, 0.717) is 13.2 Å². The number of aliphatic hydroxyl groups excluding tert-OH is 1. The molecule has 1 N–H and O–H groups in total. The van der Waals surface area contributed by atoms with Crippen molar-refractivity contribution in [3.8, 4) is 5.75 Å². The molecule has 0 saturated carbocycles. The van der Waals surface area contributed by atoms with Crippen LogP contribution in [0.15, 0.2) is 18.2 Å². The van der Waals surface area contributed by atoms with Crippen molar-refractivity contribution in [3.05, 3.63) is 29.3 Å². The third-order valence-electron chi connectivity index (χ3n) is 4.81. The smallest absolute Gasteiger partial charge is 0.121 e. The molecule has 21 heavy (non-hydrogen) atoms. The highest BCUT2D eigenvalue weighted by molar-refractivity contribution is 5.37. The molecule has 116 valence electrons. The standard InChI is InChI=1S/C17H24O4/c1-12-9-13(3-4-15(12)19-2)16(18)14-5-7-21-17(10-14)6-8-20-11-17/h3-4,9,14,16,18H,5-8,10-11H2,1-2H3. The zero-order valence-electron chi connectivity index (χ0n) is 12.8. The van der Waals surface area contributed by atoms with E-state index in [1.165, 1.54) is 0 Å². The number of hydrogen-bond acceptors (Lipinski definition) is 4. The molecule has 3 rings (SSSR count). The van der Waals surface area contributed by atoms with Crippen LogP contribution in [-0.4, -0.2) is 37.6 Å². The van der Waals surface area contributed by atoms with Gasteiger partial charge in [0.1, 0.15) is 5.75 Å². The second-order valence-corrected chi connectivity index (χ2v) is 6.26. The van der Waals surface area contributed by atoms with Crippen LogP contribution < -0.4 is 4.74 Å². The highest BCUT2D eigenvalue weighted by Crippen LogP contribution is 2.41. The van der Waals surface area contributed by atoms with Gasteiger partial charge in [-0.15, -0.1) is 0 Å². The third-order valence-corrected chi connectivity index (χ3v) is 4.81. The summed E-state index contributed by atoms with van der Waals surface area (Å²) >= 11 is 0. The number of aryl methyl sites for hydroxylation is 1. The molecule has 1 aromatic rings. The first-order valence-electron chi connectivity index (χ1n) is 7.68. The summed E-state index contributed by atoms with van der Waals surface area (Å²) in [4.78, 5) is 0. The van der Waals surface area contributed by atoms with Crippen LogP contribution >= 0.6 is 0 Å². The summed E-state index contributed by atoms with van der Waals surface area (Å²) < 4.78 is 16.7. The van der Waals surface area contributed by atoms with Gasteiger partial charge in [-0.05, 0) is 48.9 Å². The average molecular weight is 292 g/mol. The van der Waals surface area contributed by atoms with E-state index in [0.717, 1.165) is 42.7 Å². The quantitative estimate of drug-likeness (QED) is 0.930. The molecule has 0 amide bonds. The van der Waals surface area contributed by atoms with Crippen LogP contribution in [0.5, 0.6) is 5.75 Å². The highest BCUT2D eigenvalue weighted by Gasteiger charge is 2.42. The lowest BCUT2D eigenvalue weighted by Gasteiger charge is -2.39. The lowest BCUT2D eigenvalue weighted by molar-refractivity contribution is -0.117. The van der Waals surface area contributed by atoms with Crippen molar-refractivity contribution in [1.29, 1.82) is 0 Å². The van der Waals surface area contributed by atoms with E-state index in [1.54, 1.807) is 7.11 Å². The van der Waals surface area contributed by atoms with Crippen molar-refractivity contribution in [1.82, 2.24) is 0 Å². The Balaban J connectivity index is 1.75. The van der Waals surface area contributed by atoms with Crippen molar-refractivity contribution < 1.29 is 19.3 Å². The first-order chi connectivity index (χ1) is 10.1. The van der Waals surface area contributed by atoms with E-state index < -0.39 is 6.10 Å². The van der Waals surface area contributed by atoms with E-state index in [-0.39, 0.29) is 11.5 Å². The number of rotatable bonds is 3. The minimum absolute atomic E-state index is 0.161. The number of hydrogen-bond donors (Lipinski definition) is 1. The summed E-state index contributed by atoms with van der Waals surface area (Å²) in [6, 6.07) is 5.92. The number of ether oxygens (including phenoxy) is 3. The van der Waals surface area contributed by atoms with Gasteiger partial charge in [-0.2, -0.15) is 0 Å². The molecule has 0 radical (unpaired) electrons. The second kappa shape index (κ2) is 5.95. The first-order valence-corrected chi connectivity index (χ1v) is 7.68. The molecular weight excluding hydrogens is 268 g/mol. The Bertz CT molecular complexity index is 494. The monoisotopic (exact) mass is 292 g/mol. The molecule has 1 aromatic carbocycles. The summed E-state index contributed by atoms with van der Waals surface area (Å²) in [6.07, 6.45) is 2.27. The van der Waals surface area contributed by atoms with E-state index in [2.05, 4.69) is 0 Å². The van der Waals surface area contributed by atoms with Gasteiger partial charge < -0.3 is 19.3 Å². The molecule has 3 atom stereocenters. The van der Waals surface area contributed by atoms with Crippen molar-refractivity contribution in [3.63, 3.8) is 0 Å². The van der Waals surface area contributed by atoms with Gasteiger partial charge in [-0.25, -0.2) is 0 Å². The predicted octanol–water partition coefficient (Wildman–Crippen LogP) is 2.62. The molecule has 2 aliphatic heterocycles. The average Bonchev–Trinajstić information content (AvgIpc) is 2.94. The summed E-state index contributed by atoms with van der Waals surface area (Å²) in [7, 11) is 1.67. The maximum atomic E-state index is 10.7. The largest absolute Gasteiger partial charge is 0.496 e. The predicted molar refractivity (Wildman–Crippen MR) is 79.5 cm³/mol. The van der Waals surface area contributed by atoms with Crippen molar-refractivity contribution >= 4 is 0 Å². The van der Waals surface area contributed by atoms with Crippen LogP contribution in [0.2, 0.25) is 0 Å². The Kier molecular flexibility index (Phi) is 4.20. The lowest BCUT2D eigenvalue weighted by atomic mass is 9.80. The summed E-state index contributed by atoms with van der Waals surface area (Å²) in [5, 5.41) is 10.7. The molecule has 4 nitrogen and oxygen atoms in total. The Morgan fingerprint density at radius 2 is 2.24 bits per heavy atom. The zero-order valence-corrected chi connectivity index (χ0v) is 12.8. The first kappa shape index (κ1) is 14.8. The summed E-state index contributed by atoms with van der Waals surface area (Å²) in [5.74, 6) is 1.09. The number of methoxy groups -OCH3 is 1. The molecule has 0 aromatic heterocycles. The van der Waals surface area contributed by atoms with E-state index >= 15 is 0 Å². The molecule has 0 bridgehead atoms. The van der Waals surface area contributed by atoms with Crippen molar-refractivity contribution in [2.24, 2.45) is 5.92 Å². The fraction of sp³-hybridized carbons (Fsp3) is 0.647. The van der Waals surface area contributed by atoms with Gasteiger partial charge in [0, 0.05) is 19.6 Å². The van der Waals surface area contributed by atoms with Gasteiger partial charge in [0.25, 0.3) is 0 Å². The summed E-state index contributed by atoms with van der Waals surface area (Å²) in [5.41, 5.74) is 1.86.